The van der Waals surface area contributed by atoms with Crippen LogP contribution in [0.1, 0.15) is 17.4 Å². The maximum atomic E-state index is 11.2. The highest BCUT2D eigenvalue weighted by molar-refractivity contribution is 7.15. The van der Waals surface area contributed by atoms with Gasteiger partial charge in [0, 0.05) is 11.6 Å². The van der Waals surface area contributed by atoms with Crippen LogP contribution in [0.2, 0.25) is 0 Å². The second kappa shape index (κ2) is 5.34. The molecule has 0 atom stereocenters. The van der Waals surface area contributed by atoms with E-state index in [-0.39, 0.29) is 0 Å². The Bertz CT molecular complexity index is 731. The predicted molar refractivity (Wildman–Crippen MR) is 76.1 cm³/mol. The quantitative estimate of drug-likeness (QED) is 0.675. The van der Waals surface area contributed by atoms with E-state index in [0.717, 1.165) is 17.0 Å². The van der Waals surface area contributed by atoms with Crippen molar-refractivity contribution in [2.45, 2.75) is 6.92 Å². The van der Waals surface area contributed by atoms with Crippen LogP contribution in [0.25, 0.3) is 4.96 Å². The molecular weight excluding hydrogens is 276 g/mol. The number of imidazole rings is 1. The number of ether oxygens (including phenoxy) is 2. The van der Waals surface area contributed by atoms with Crippen LogP contribution in [0, 0.1) is 0 Å². The first-order valence-electron chi connectivity index (χ1n) is 6.13. The van der Waals surface area contributed by atoms with Crippen molar-refractivity contribution in [3.63, 3.8) is 0 Å². The summed E-state index contributed by atoms with van der Waals surface area (Å²) in [5, 5.41) is 1.87. The third-order valence-electron chi connectivity index (χ3n) is 2.73. The first-order valence-corrected chi connectivity index (χ1v) is 7.01. The Labute approximate surface area is 119 Å². The van der Waals surface area contributed by atoms with E-state index in [1.807, 2.05) is 24.4 Å². The van der Waals surface area contributed by atoms with E-state index in [9.17, 15) is 4.79 Å². The Morgan fingerprint density at radius 2 is 2.05 bits per heavy atom. The molecule has 0 N–H and O–H groups in total. The molecule has 20 heavy (non-hydrogen) atoms. The summed E-state index contributed by atoms with van der Waals surface area (Å²) in [6.07, 6.45) is 2.54. The number of carbonyl (C=O) groups excluding carboxylic acids is 1. The van der Waals surface area contributed by atoms with Gasteiger partial charge < -0.3 is 9.47 Å². The number of thiazole rings is 1. The van der Waals surface area contributed by atoms with E-state index in [2.05, 4.69) is 4.98 Å². The highest BCUT2D eigenvalue weighted by atomic mass is 32.1. The summed E-state index contributed by atoms with van der Waals surface area (Å²) in [7, 11) is 0. The lowest BCUT2D eigenvalue weighted by molar-refractivity contribution is 0.111. The van der Waals surface area contributed by atoms with Crippen molar-refractivity contribution >= 4 is 22.6 Å². The van der Waals surface area contributed by atoms with Crippen molar-refractivity contribution in [1.82, 2.24) is 9.38 Å². The minimum absolute atomic E-state index is 0.316. The van der Waals surface area contributed by atoms with E-state index in [1.54, 1.807) is 22.7 Å². The summed E-state index contributed by atoms with van der Waals surface area (Å²) in [6.45, 7) is 2.55. The molecule has 3 rings (SSSR count). The van der Waals surface area contributed by atoms with Gasteiger partial charge >= 0.3 is 0 Å². The van der Waals surface area contributed by atoms with Gasteiger partial charge in [0.05, 0.1) is 6.61 Å². The molecule has 0 aliphatic heterocycles. The van der Waals surface area contributed by atoms with Crippen LogP contribution in [0.15, 0.2) is 35.8 Å². The van der Waals surface area contributed by atoms with Crippen LogP contribution in [0.3, 0.4) is 0 Å². The van der Waals surface area contributed by atoms with Crippen molar-refractivity contribution < 1.29 is 14.3 Å². The van der Waals surface area contributed by atoms with E-state index >= 15 is 0 Å². The fourth-order valence-corrected chi connectivity index (χ4v) is 2.56. The fraction of sp³-hybridized carbons (Fsp3) is 0.143. The Hall–Kier alpha value is -2.34. The Morgan fingerprint density at radius 1 is 1.30 bits per heavy atom. The molecule has 0 fully saturated rings. The second-order valence-corrected chi connectivity index (χ2v) is 4.86. The van der Waals surface area contributed by atoms with E-state index < -0.39 is 0 Å². The first-order chi connectivity index (χ1) is 9.81. The smallest absolute Gasteiger partial charge is 0.250 e. The average molecular weight is 288 g/mol. The minimum atomic E-state index is 0.316. The van der Waals surface area contributed by atoms with Gasteiger partial charge in [-0.3, -0.25) is 9.20 Å². The van der Waals surface area contributed by atoms with Gasteiger partial charge in [0.15, 0.2) is 16.9 Å². The van der Waals surface area contributed by atoms with Gasteiger partial charge in [-0.05, 0) is 31.2 Å². The highest BCUT2D eigenvalue weighted by Crippen LogP contribution is 2.27. The topological polar surface area (TPSA) is 52.8 Å². The molecule has 0 unspecified atom stereocenters. The monoisotopic (exact) mass is 288 g/mol. The number of carbonyl (C=O) groups is 1. The van der Waals surface area contributed by atoms with E-state index in [1.165, 1.54) is 11.3 Å². The number of rotatable bonds is 5. The lowest BCUT2D eigenvalue weighted by atomic mass is 10.3. The van der Waals surface area contributed by atoms with Crippen LogP contribution in [-0.2, 0) is 0 Å². The number of hydrogen-bond acceptors (Lipinski definition) is 5. The standard InChI is InChI=1S/C14H12N2O3S/c1-2-18-10-3-5-11(6-4-10)19-13-12(9-17)16-7-8-20-14(16)15-13/h3-9H,2H2,1H3. The molecule has 3 aromatic rings. The van der Waals surface area contributed by atoms with Crippen LogP contribution < -0.4 is 9.47 Å². The second-order valence-electron chi connectivity index (χ2n) is 3.98. The van der Waals surface area contributed by atoms with Gasteiger partial charge in [0.2, 0.25) is 5.88 Å². The summed E-state index contributed by atoms with van der Waals surface area (Å²) in [5.41, 5.74) is 0.412. The molecular formula is C14H12N2O3S. The normalized spacial score (nSPS) is 10.7. The van der Waals surface area contributed by atoms with Gasteiger partial charge in [-0.15, -0.1) is 11.3 Å². The lowest BCUT2D eigenvalue weighted by Gasteiger charge is -2.05. The minimum Gasteiger partial charge on any atom is -0.494 e. The number of hydrogen-bond donors (Lipinski definition) is 0. The SMILES string of the molecule is CCOc1ccc(Oc2nc3sccn3c2C=O)cc1. The van der Waals surface area contributed by atoms with E-state index in [4.69, 9.17) is 9.47 Å². The van der Waals surface area contributed by atoms with Crippen molar-refractivity contribution in [2.24, 2.45) is 0 Å². The maximum Gasteiger partial charge on any atom is 0.250 e. The molecule has 2 aromatic heterocycles. The summed E-state index contributed by atoms with van der Waals surface area (Å²) in [4.78, 5) is 16.2. The Kier molecular flexibility index (Phi) is 3.39. The van der Waals surface area contributed by atoms with Gasteiger partial charge in [-0.25, -0.2) is 0 Å². The lowest BCUT2D eigenvalue weighted by Crippen LogP contribution is -1.93. The number of aldehydes is 1. The van der Waals surface area contributed by atoms with Crippen LogP contribution in [0.5, 0.6) is 17.4 Å². The van der Waals surface area contributed by atoms with Gasteiger partial charge in [-0.2, -0.15) is 4.98 Å². The summed E-state index contributed by atoms with van der Waals surface area (Å²) >= 11 is 1.45. The number of benzene rings is 1. The maximum absolute atomic E-state index is 11.2. The molecule has 102 valence electrons. The molecule has 6 heteroatoms. The third-order valence-corrected chi connectivity index (χ3v) is 3.48. The van der Waals surface area contributed by atoms with E-state index in [0.29, 0.717) is 23.9 Å². The third kappa shape index (κ3) is 2.25. The molecule has 0 radical (unpaired) electrons. The Morgan fingerprint density at radius 3 is 2.75 bits per heavy atom. The molecule has 0 aliphatic carbocycles. The summed E-state index contributed by atoms with van der Waals surface area (Å²) < 4.78 is 12.7. The molecule has 1 aromatic carbocycles. The van der Waals surface area contributed by atoms with Gasteiger partial charge in [0.25, 0.3) is 0 Å². The van der Waals surface area contributed by atoms with Crippen molar-refractivity contribution in [3.05, 3.63) is 41.5 Å². The Balaban J connectivity index is 1.88. The number of fused-ring (bicyclic) bond motifs is 1. The van der Waals surface area contributed by atoms with Crippen molar-refractivity contribution in [1.29, 1.82) is 0 Å². The molecule has 5 nitrogen and oxygen atoms in total. The fourth-order valence-electron chi connectivity index (χ4n) is 1.85. The van der Waals surface area contributed by atoms with Gasteiger partial charge in [0.1, 0.15) is 11.5 Å². The molecule has 0 saturated heterocycles. The van der Waals surface area contributed by atoms with Crippen LogP contribution >= 0.6 is 11.3 Å². The summed E-state index contributed by atoms with van der Waals surface area (Å²) in [5.74, 6) is 1.71. The average Bonchev–Trinajstić information content (AvgIpc) is 3.01. The zero-order chi connectivity index (χ0) is 13.9. The predicted octanol–water partition coefficient (Wildman–Crippen LogP) is 3.40. The zero-order valence-electron chi connectivity index (χ0n) is 10.8. The van der Waals surface area contributed by atoms with Crippen LogP contribution in [0.4, 0.5) is 0 Å². The number of nitrogens with zero attached hydrogens (tertiary/aromatic N) is 2. The van der Waals surface area contributed by atoms with Crippen LogP contribution in [-0.4, -0.2) is 22.3 Å². The van der Waals surface area contributed by atoms with Crippen molar-refractivity contribution in [2.75, 3.05) is 6.61 Å². The van der Waals surface area contributed by atoms with Gasteiger partial charge in [-0.1, -0.05) is 0 Å². The summed E-state index contributed by atoms with van der Waals surface area (Å²) in [6, 6.07) is 7.20. The van der Waals surface area contributed by atoms with Crippen molar-refractivity contribution in [3.8, 4) is 17.4 Å². The first kappa shape index (κ1) is 12.7. The molecule has 0 saturated carbocycles. The molecule has 0 aliphatic rings. The number of aromatic nitrogens is 2. The zero-order valence-corrected chi connectivity index (χ0v) is 11.6. The molecule has 0 amide bonds. The molecule has 0 bridgehead atoms. The molecule has 0 spiro atoms. The molecule has 2 heterocycles. The largest absolute Gasteiger partial charge is 0.494 e. The highest BCUT2D eigenvalue weighted by Gasteiger charge is 2.14.